The molecule has 6 nitrogen and oxygen atoms in total. The van der Waals surface area contributed by atoms with Gasteiger partial charge in [-0.05, 0) is 73.7 Å². The maximum Gasteiger partial charge on any atom is 0.339 e. The average Bonchev–Trinajstić information content (AvgIpc) is 2.81. The topological polar surface area (TPSA) is 73.2 Å². The Balaban J connectivity index is 1.87. The summed E-state index contributed by atoms with van der Waals surface area (Å²) in [6.45, 7) is 5.94. The lowest BCUT2D eigenvalue weighted by molar-refractivity contribution is 0.0602. The molecular formula is C27H27N3O3. The largest absolute Gasteiger partial charge is 0.465 e. The summed E-state index contributed by atoms with van der Waals surface area (Å²) in [5, 5.41) is 4.97. The molecule has 2 aromatic carbocycles. The summed E-state index contributed by atoms with van der Waals surface area (Å²) in [5.41, 5.74) is 5.65. The first-order chi connectivity index (χ1) is 15.8. The van der Waals surface area contributed by atoms with Crippen molar-refractivity contribution in [1.82, 2.24) is 9.55 Å². The predicted molar refractivity (Wildman–Crippen MR) is 132 cm³/mol. The first-order valence-corrected chi connectivity index (χ1v) is 10.8. The molecule has 4 aromatic rings. The molecule has 2 aromatic heterocycles. The number of hydrogen-bond donors (Lipinski definition) is 1. The quantitative estimate of drug-likeness (QED) is 0.432. The number of aryl methyl sites for hydroxylation is 2. The molecule has 0 aliphatic carbocycles. The molecule has 2 heterocycles. The second-order valence-corrected chi connectivity index (χ2v) is 8.30. The van der Waals surface area contributed by atoms with Gasteiger partial charge in [-0.3, -0.25) is 9.78 Å². The van der Waals surface area contributed by atoms with Crippen molar-refractivity contribution < 1.29 is 9.53 Å². The molecule has 0 fully saturated rings. The van der Waals surface area contributed by atoms with Gasteiger partial charge in [0.05, 0.1) is 18.4 Å². The van der Waals surface area contributed by atoms with Crippen LogP contribution in [0.3, 0.4) is 0 Å². The van der Waals surface area contributed by atoms with Crippen LogP contribution in [0.4, 0.5) is 5.69 Å². The number of anilines is 1. The molecule has 1 unspecified atom stereocenters. The number of nitrogens with one attached hydrogen (secondary N) is 1. The molecule has 0 radical (unpaired) electrons. The molecule has 0 saturated carbocycles. The van der Waals surface area contributed by atoms with Crippen LogP contribution in [0.2, 0.25) is 0 Å². The van der Waals surface area contributed by atoms with Crippen LogP contribution < -0.4 is 10.9 Å². The Morgan fingerprint density at radius 2 is 1.82 bits per heavy atom. The number of fused-ring (bicyclic) bond motifs is 1. The van der Waals surface area contributed by atoms with Crippen molar-refractivity contribution in [3.63, 3.8) is 0 Å². The van der Waals surface area contributed by atoms with Gasteiger partial charge in [-0.1, -0.05) is 18.2 Å². The molecular weight excluding hydrogens is 414 g/mol. The Kier molecular flexibility index (Phi) is 6.01. The van der Waals surface area contributed by atoms with Gasteiger partial charge in [0.15, 0.2) is 0 Å². The minimum Gasteiger partial charge on any atom is -0.465 e. The standard InChI is InChI=1S/C27H27N3O3/c1-16-12-21(18(3)29-24-9-7-6-8-20(24)27(32)33-5)22-14-25(19-11-10-17(2)28-15-19)30(4)26(31)23(22)13-16/h6-15,18,29H,1-5H3. The van der Waals surface area contributed by atoms with Crippen LogP contribution in [0.5, 0.6) is 0 Å². The summed E-state index contributed by atoms with van der Waals surface area (Å²) >= 11 is 0. The third-order valence-electron chi connectivity index (χ3n) is 5.91. The number of rotatable bonds is 5. The number of nitrogens with zero attached hydrogens (tertiary/aromatic N) is 2. The van der Waals surface area contributed by atoms with E-state index < -0.39 is 5.97 Å². The Labute approximate surface area is 192 Å². The van der Waals surface area contributed by atoms with E-state index in [-0.39, 0.29) is 11.6 Å². The van der Waals surface area contributed by atoms with Crippen molar-refractivity contribution in [2.24, 2.45) is 7.05 Å². The van der Waals surface area contributed by atoms with Gasteiger partial charge in [0, 0.05) is 41.6 Å². The Morgan fingerprint density at radius 3 is 2.52 bits per heavy atom. The van der Waals surface area contributed by atoms with Gasteiger partial charge < -0.3 is 14.6 Å². The molecule has 4 rings (SSSR count). The molecule has 168 valence electrons. The lowest BCUT2D eigenvalue weighted by Crippen LogP contribution is -2.20. The Bertz CT molecular complexity index is 1410. The highest BCUT2D eigenvalue weighted by molar-refractivity contribution is 5.96. The molecule has 1 N–H and O–H groups in total. The van der Waals surface area contributed by atoms with Crippen molar-refractivity contribution in [3.05, 3.63) is 93.5 Å². The van der Waals surface area contributed by atoms with Crippen molar-refractivity contribution in [1.29, 1.82) is 0 Å². The summed E-state index contributed by atoms with van der Waals surface area (Å²) in [6.07, 6.45) is 1.79. The number of aromatic nitrogens is 2. The molecule has 0 bridgehead atoms. The number of para-hydroxylation sites is 1. The predicted octanol–water partition coefficient (Wildman–Crippen LogP) is 5.18. The number of hydrogen-bond acceptors (Lipinski definition) is 5. The summed E-state index contributed by atoms with van der Waals surface area (Å²) in [5.74, 6) is -0.401. The average molecular weight is 442 g/mol. The van der Waals surface area contributed by atoms with Gasteiger partial charge >= 0.3 is 5.97 Å². The first-order valence-electron chi connectivity index (χ1n) is 10.8. The van der Waals surface area contributed by atoms with E-state index in [1.54, 1.807) is 29.9 Å². The number of carbonyl (C=O) groups is 1. The molecule has 0 spiro atoms. The minimum absolute atomic E-state index is 0.0600. The minimum atomic E-state index is -0.401. The van der Waals surface area contributed by atoms with Gasteiger partial charge in [0.1, 0.15) is 0 Å². The molecule has 0 saturated heterocycles. The van der Waals surface area contributed by atoms with Crippen molar-refractivity contribution in [3.8, 4) is 11.3 Å². The Hall–Kier alpha value is -3.93. The zero-order chi connectivity index (χ0) is 23.7. The zero-order valence-electron chi connectivity index (χ0n) is 19.5. The maximum absolute atomic E-state index is 13.3. The van der Waals surface area contributed by atoms with E-state index in [0.717, 1.165) is 33.5 Å². The second-order valence-electron chi connectivity index (χ2n) is 8.30. The second kappa shape index (κ2) is 8.90. The zero-order valence-corrected chi connectivity index (χ0v) is 19.5. The molecule has 0 aliphatic heterocycles. The first kappa shape index (κ1) is 22.3. The van der Waals surface area contributed by atoms with Crippen molar-refractivity contribution in [2.45, 2.75) is 26.8 Å². The van der Waals surface area contributed by atoms with Crippen LogP contribution in [-0.4, -0.2) is 22.6 Å². The number of esters is 1. The molecule has 0 aliphatic rings. The smallest absolute Gasteiger partial charge is 0.339 e. The highest BCUT2D eigenvalue weighted by atomic mass is 16.5. The lowest BCUT2D eigenvalue weighted by Gasteiger charge is -2.21. The summed E-state index contributed by atoms with van der Waals surface area (Å²) < 4.78 is 6.60. The molecule has 33 heavy (non-hydrogen) atoms. The summed E-state index contributed by atoms with van der Waals surface area (Å²) in [6, 6.07) is 17.0. The van der Waals surface area contributed by atoms with Crippen molar-refractivity contribution >= 4 is 22.4 Å². The summed E-state index contributed by atoms with van der Waals surface area (Å²) in [7, 11) is 3.15. The van der Waals surface area contributed by atoms with Crippen molar-refractivity contribution in [2.75, 3.05) is 12.4 Å². The van der Waals surface area contributed by atoms with E-state index in [1.165, 1.54) is 7.11 Å². The number of ether oxygens (including phenoxy) is 1. The van der Waals surface area contributed by atoms with Gasteiger partial charge in [0.25, 0.3) is 5.56 Å². The number of pyridine rings is 2. The van der Waals surface area contributed by atoms with Crippen LogP contribution in [0.25, 0.3) is 22.0 Å². The molecule has 1 atom stereocenters. The lowest BCUT2D eigenvalue weighted by atomic mass is 9.96. The fraction of sp³-hybridized carbons (Fsp3) is 0.222. The number of benzene rings is 2. The van der Waals surface area contributed by atoms with Gasteiger partial charge in [-0.2, -0.15) is 0 Å². The third-order valence-corrected chi connectivity index (χ3v) is 5.91. The SMILES string of the molecule is COC(=O)c1ccccc1NC(C)c1cc(C)cc2c(=O)n(C)c(-c3ccc(C)nc3)cc12. The van der Waals surface area contributed by atoms with Crippen LogP contribution in [0.15, 0.2) is 65.6 Å². The monoisotopic (exact) mass is 441 g/mol. The van der Waals surface area contributed by atoms with E-state index in [2.05, 4.69) is 16.4 Å². The summed E-state index contributed by atoms with van der Waals surface area (Å²) in [4.78, 5) is 29.9. The van der Waals surface area contributed by atoms with E-state index >= 15 is 0 Å². The third kappa shape index (κ3) is 4.24. The van der Waals surface area contributed by atoms with E-state index in [0.29, 0.717) is 16.6 Å². The normalized spacial score (nSPS) is 11.9. The molecule has 6 heteroatoms. The van der Waals surface area contributed by atoms with Crippen LogP contribution >= 0.6 is 0 Å². The highest BCUT2D eigenvalue weighted by Gasteiger charge is 2.18. The van der Waals surface area contributed by atoms with Crippen LogP contribution in [-0.2, 0) is 11.8 Å². The fourth-order valence-electron chi connectivity index (χ4n) is 4.15. The molecule has 0 amide bonds. The van der Waals surface area contributed by atoms with E-state index in [4.69, 9.17) is 4.74 Å². The van der Waals surface area contributed by atoms with Gasteiger partial charge in [0.2, 0.25) is 0 Å². The van der Waals surface area contributed by atoms with Crippen LogP contribution in [0, 0.1) is 13.8 Å². The van der Waals surface area contributed by atoms with E-state index in [9.17, 15) is 9.59 Å². The van der Waals surface area contributed by atoms with Gasteiger partial charge in [-0.15, -0.1) is 0 Å². The highest BCUT2D eigenvalue weighted by Crippen LogP contribution is 2.31. The number of methoxy groups -OCH3 is 1. The maximum atomic E-state index is 13.3. The van der Waals surface area contributed by atoms with Gasteiger partial charge in [-0.25, -0.2) is 4.79 Å². The number of carbonyl (C=O) groups excluding carboxylic acids is 1. The van der Waals surface area contributed by atoms with E-state index in [1.807, 2.05) is 57.2 Å². The Morgan fingerprint density at radius 1 is 1.06 bits per heavy atom. The fourth-order valence-corrected chi connectivity index (χ4v) is 4.15. The van der Waals surface area contributed by atoms with Crippen LogP contribution in [0.1, 0.15) is 40.1 Å².